The summed E-state index contributed by atoms with van der Waals surface area (Å²) in [6.45, 7) is 1.68. The highest BCUT2D eigenvalue weighted by atomic mass is 19.4. The molecule has 1 aromatic heterocycles. The van der Waals surface area contributed by atoms with Crippen LogP contribution in [0.2, 0.25) is 0 Å². The van der Waals surface area contributed by atoms with E-state index in [4.69, 9.17) is 5.26 Å². The third-order valence-corrected chi connectivity index (χ3v) is 3.53. The summed E-state index contributed by atoms with van der Waals surface area (Å²) < 4.78 is 38.6. The van der Waals surface area contributed by atoms with Crippen molar-refractivity contribution in [2.75, 3.05) is 12.0 Å². The number of hydroxylamine groups is 2. The van der Waals surface area contributed by atoms with Gasteiger partial charge in [-0.15, -0.1) is 0 Å². The minimum absolute atomic E-state index is 0.146. The van der Waals surface area contributed by atoms with Crippen molar-refractivity contribution in [3.8, 4) is 6.07 Å². The lowest BCUT2D eigenvalue weighted by Gasteiger charge is -2.19. The predicted molar refractivity (Wildman–Crippen MR) is 85.7 cm³/mol. The number of unbranched alkanes of at least 4 members (excludes halogenated alkanes) is 2. The molecule has 1 rings (SSSR count). The first-order valence-electron chi connectivity index (χ1n) is 8.03. The van der Waals surface area contributed by atoms with E-state index in [1.165, 1.54) is 6.07 Å². The van der Waals surface area contributed by atoms with Gasteiger partial charge in [-0.1, -0.05) is 26.2 Å². The molecular formula is C15H19F3N6O3. The minimum Gasteiger partial charge on any atom is -0.286 e. The molecule has 3 N–H and O–H groups in total. The van der Waals surface area contributed by atoms with E-state index in [1.807, 2.05) is 6.92 Å². The number of hydrazine groups is 1. The zero-order valence-corrected chi connectivity index (χ0v) is 14.5. The molecule has 0 aliphatic rings. The van der Waals surface area contributed by atoms with Gasteiger partial charge in [0.15, 0.2) is 5.69 Å². The molecule has 0 aliphatic heterocycles. The largest absolute Gasteiger partial charge is 0.434 e. The summed E-state index contributed by atoms with van der Waals surface area (Å²) in [5.74, 6) is -2.01. The number of alkyl halides is 3. The van der Waals surface area contributed by atoms with Crippen molar-refractivity contribution in [3.63, 3.8) is 0 Å². The van der Waals surface area contributed by atoms with E-state index >= 15 is 0 Å². The maximum Gasteiger partial charge on any atom is 0.434 e. The van der Waals surface area contributed by atoms with Crippen LogP contribution >= 0.6 is 0 Å². The normalized spacial score (nSPS) is 12.0. The summed E-state index contributed by atoms with van der Waals surface area (Å²) in [7, 11) is 0. The molecule has 0 spiro atoms. The second-order valence-corrected chi connectivity index (χ2v) is 5.60. The number of aromatic nitrogens is 2. The molecule has 0 aromatic carbocycles. The molecule has 0 saturated heterocycles. The van der Waals surface area contributed by atoms with Crippen LogP contribution in [0.1, 0.15) is 43.9 Å². The fraction of sp³-hybridized carbons (Fsp3) is 0.533. The maximum absolute atomic E-state index is 12.9. The van der Waals surface area contributed by atoms with Crippen LogP contribution in [0.5, 0.6) is 0 Å². The zero-order chi connectivity index (χ0) is 20.4. The van der Waals surface area contributed by atoms with Gasteiger partial charge in [0, 0.05) is 0 Å². The lowest BCUT2D eigenvalue weighted by molar-refractivity contribution is -0.154. The van der Waals surface area contributed by atoms with E-state index in [0.717, 1.165) is 12.8 Å². The number of carbonyl (C=O) groups excluding carboxylic acids is 2. The first-order chi connectivity index (χ1) is 12.7. The van der Waals surface area contributed by atoms with Crippen molar-refractivity contribution in [1.29, 1.82) is 5.26 Å². The molecular weight excluding hydrogens is 369 g/mol. The fourth-order valence-electron chi connectivity index (χ4n) is 2.17. The lowest BCUT2D eigenvalue weighted by Crippen LogP contribution is -2.40. The highest BCUT2D eigenvalue weighted by Crippen LogP contribution is 2.30. The molecule has 9 nitrogen and oxygen atoms in total. The second-order valence-electron chi connectivity index (χ2n) is 5.60. The molecule has 1 heterocycles. The summed E-state index contributed by atoms with van der Waals surface area (Å²) in [4.78, 5) is 29.5. The Morgan fingerprint density at radius 3 is 2.74 bits per heavy atom. The third-order valence-electron chi connectivity index (χ3n) is 3.53. The molecule has 0 unspecified atom stereocenters. The van der Waals surface area contributed by atoms with Crippen molar-refractivity contribution >= 4 is 18.3 Å². The Bertz CT molecular complexity index is 692. The summed E-state index contributed by atoms with van der Waals surface area (Å²) >= 11 is 0. The first-order valence-corrected chi connectivity index (χ1v) is 8.03. The number of nitriles is 1. The molecule has 12 heteroatoms. The molecule has 1 aromatic rings. The van der Waals surface area contributed by atoms with Gasteiger partial charge in [-0.25, -0.2) is 15.0 Å². The summed E-state index contributed by atoms with van der Waals surface area (Å²) in [5.41, 5.74) is 2.12. The van der Waals surface area contributed by atoms with E-state index in [0.29, 0.717) is 24.1 Å². The monoisotopic (exact) mass is 388 g/mol. The van der Waals surface area contributed by atoms with E-state index < -0.39 is 35.2 Å². The molecule has 2 amide bonds. The number of amides is 2. The highest BCUT2D eigenvalue weighted by molar-refractivity contribution is 5.80. The quantitative estimate of drug-likeness (QED) is 0.241. The summed E-state index contributed by atoms with van der Waals surface area (Å²) in [6.07, 6.45) is -1.29. The molecule has 0 aliphatic carbocycles. The van der Waals surface area contributed by atoms with E-state index in [1.54, 1.807) is 0 Å². The van der Waals surface area contributed by atoms with E-state index in [-0.39, 0.29) is 13.0 Å². The van der Waals surface area contributed by atoms with Gasteiger partial charge in [0.2, 0.25) is 18.3 Å². The number of hydrogen-bond acceptors (Lipinski definition) is 7. The van der Waals surface area contributed by atoms with Crippen LogP contribution in [-0.2, 0) is 15.8 Å². The molecule has 0 fully saturated rings. The van der Waals surface area contributed by atoms with Gasteiger partial charge >= 0.3 is 6.18 Å². The van der Waals surface area contributed by atoms with Crippen LogP contribution in [0.3, 0.4) is 0 Å². The number of rotatable bonds is 10. The van der Waals surface area contributed by atoms with Gasteiger partial charge in [0.1, 0.15) is 11.6 Å². The molecule has 148 valence electrons. The van der Waals surface area contributed by atoms with Crippen LogP contribution in [0.25, 0.3) is 0 Å². The number of hydrogen-bond donors (Lipinski definition) is 3. The topological polar surface area (TPSA) is 131 Å². The Balaban J connectivity index is 2.82. The minimum atomic E-state index is -4.86. The molecule has 0 bridgehead atoms. The van der Waals surface area contributed by atoms with Crippen LogP contribution in [0, 0.1) is 17.2 Å². The number of anilines is 1. The fourth-order valence-corrected chi connectivity index (χ4v) is 2.17. The molecule has 0 radical (unpaired) electrons. The Kier molecular flexibility index (Phi) is 8.40. The second kappa shape index (κ2) is 10.3. The molecule has 1 atom stereocenters. The van der Waals surface area contributed by atoms with Crippen molar-refractivity contribution in [3.05, 3.63) is 17.5 Å². The smallest absolute Gasteiger partial charge is 0.286 e. The number of nitrogens with one attached hydrogen (secondary N) is 2. The van der Waals surface area contributed by atoms with Crippen molar-refractivity contribution < 1.29 is 28.0 Å². The molecule has 0 saturated carbocycles. The Labute approximate surface area is 153 Å². The van der Waals surface area contributed by atoms with Crippen molar-refractivity contribution in [2.45, 2.75) is 38.8 Å². The zero-order valence-electron chi connectivity index (χ0n) is 14.5. The molecule has 27 heavy (non-hydrogen) atoms. The van der Waals surface area contributed by atoms with Gasteiger partial charge in [0.05, 0.1) is 18.7 Å². The van der Waals surface area contributed by atoms with Crippen LogP contribution < -0.4 is 10.9 Å². The van der Waals surface area contributed by atoms with Crippen LogP contribution in [-0.4, -0.2) is 39.1 Å². The van der Waals surface area contributed by atoms with E-state index in [2.05, 4.69) is 20.8 Å². The number of carbonyl (C=O) groups is 2. The standard InChI is InChI=1S/C15H19F3N6O3/c1-2-3-4-5-10(8-24(27)9-25)13(26)22-23-14-20-7-11(6-19)12(21-14)15(16,17)18/h7,9-10,27H,2-5,8H2,1H3,(H,22,26)(H,20,21,23)/t10-/m1/s1. The van der Waals surface area contributed by atoms with Crippen molar-refractivity contribution in [2.24, 2.45) is 5.92 Å². The SMILES string of the molecule is CCCCC[C@H](CN(O)C=O)C(=O)NNc1ncc(C#N)c(C(F)(F)F)n1. The van der Waals surface area contributed by atoms with Gasteiger partial charge < -0.3 is 0 Å². The third kappa shape index (κ3) is 7.06. The average molecular weight is 388 g/mol. The number of nitrogens with zero attached hydrogens (tertiary/aromatic N) is 4. The number of halogens is 3. The van der Waals surface area contributed by atoms with Crippen molar-refractivity contribution in [1.82, 2.24) is 20.5 Å². The Morgan fingerprint density at radius 1 is 1.48 bits per heavy atom. The highest BCUT2D eigenvalue weighted by Gasteiger charge is 2.36. The lowest BCUT2D eigenvalue weighted by atomic mass is 10.0. The average Bonchev–Trinajstić information content (AvgIpc) is 2.64. The van der Waals surface area contributed by atoms with E-state index in [9.17, 15) is 28.0 Å². The van der Waals surface area contributed by atoms with Crippen LogP contribution in [0.4, 0.5) is 19.1 Å². The van der Waals surface area contributed by atoms with Gasteiger partial charge in [-0.2, -0.15) is 18.4 Å². The van der Waals surface area contributed by atoms with Gasteiger partial charge in [0.25, 0.3) is 0 Å². The van der Waals surface area contributed by atoms with Crippen LogP contribution in [0.15, 0.2) is 6.20 Å². The summed E-state index contributed by atoms with van der Waals surface area (Å²) in [5, 5.41) is 18.3. The Hall–Kier alpha value is -2.94. The maximum atomic E-state index is 12.9. The van der Waals surface area contributed by atoms with Gasteiger partial charge in [-0.05, 0) is 6.42 Å². The van der Waals surface area contributed by atoms with Gasteiger partial charge in [-0.3, -0.25) is 25.6 Å². The first kappa shape index (κ1) is 22.1. The predicted octanol–water partition coefficient (Wildman–Crippen LogP) is 1.85. The summed E-state index contributed by atoms with van der Waals surface area (Å²) in [6, 6.07) is 1.34. The Morgan fingerprint density at radius 2 is 2.19 bits per heavy atom.